The molecule has 0 saturated heterocycles. The van der Waals surface area contributed by atoms with E-state index >= 15 is 0 Å². The first-order chi connectivity index (χ1) is 12.0. The number of halogens is 1. The molecule has 0 fully saturated rings. The minimum atomic E-state index is -1.15. The monoisotopic (exact) mass is 350 g/mol. The predicted octanol–water partition coefficient (Wildman–Crippen LogP) is 4.15. The second kappa shape index (κ2) is 6.88. The molecule has 0 aliphatic heterocycles. The van der Waals surface area contributed by atoms with Crippen molar-refractivity contribution in [3.8, 4) is 6.07 Å². The first-order valence-electron chi connectivity index (χ1n) is 7.69. The second-order valence-electron chi connectivity index (χ2n) is 5.76. The Hall–Kier alpha value is -2.97. The lowest BCUT2D eigenvalue weighted by Gasteiger charge is -2.13. The van der Waals surface area contributed by atoms with Gasteiger partial charge in [0.2, 0.25) is 5.91 Å². The summed E-state index contributed by atoms with van der Waals surface area (Å²) in [6.45, 7) is 3.82. The van der Waals surface area contributed by atoms with Gasteiger partial charge in [-0.05, 0) is 43.2 Å². The Balaban J connectivity index is 1.97. The van der Waals surface area contributed by atoms with Gasteiger partial charge in [-0.25, -0.2) is 9.97 Å². The summed E-state index contributed by atoms with van der Waals surface area (Å²) < 4.78 is 0. The third kappa shape index (κ3) is 3.44. The van der Waals surface area contributed by atoms with Gasteiger partial charge in [-0.3, -0.25) is 4.79 Å². The summed E-state index contributed by atoms with van der Waals surface area (Å²) in [6.07, 6.45) is 0. The number of carbonyl (C=O) groups is 1. The summed E-state index contributed by atoms with van der Waals surface area (Å²) in [5, 5.41) is 12.4. The lowest BCUT2D eigenvalue weighted by atomic mass is 10.1. The lowest BCUT2D eigenvalue weighted by Crippen LogP contribution is -2.22. The lowest BCUT2D eigenvalue weighted by molar-refractivity contribution is -0.116. The highest BCUT2D eigenvalue weighted by molar-refractivity contribution is 6.30. The van der Waals surface area contributed by atoms with Gasteiger partial charge in [-0.1, -0.05) is 35.9 Å². The fourth-order valence-electron chi connectivity index (χ4n) is 2.50. The third-order valence-corrected chi connectivity index (χ3v) is 4.15. The van der Waals surface area contributed by atoms with Crippen molar-refractivity contribution in [1.82, 2.24) is 9.97 Å². The number of fused-ring (bicyclic) bond motifs is 1. The number of aryl methyl sites for hydroxylation is 2. The number of carbonyl (C=O) groups excluding carboxylic acids is 1. The maximum atomic E-state index is 12.6. The van der Waals surface area contributed by atoms with E-state index in [4.69, 9.17) is 11.6 Å². The van der Waals surface area contributed by atoms with E-state index < -0.39 is 11.8 Å². The molecule has 0 radical (unpaired) electrons. The van der Waals surface area contributed by atoms with Crippen molar-refractivity contribution in [2.45, 2.75) is 19.8 Å². The number of hydrogen-bond donors (Lipinski definition) is 1. The van der Waals surface area contributed by atoms with E-state index in [-0.39, 0.29) is 10.8 Å². The van der Waals surface area contributed by atoms with Crippen molar-refractivity contribution < 1.29 is 4.79 Å². The van der Waals surface area contributed by atoms with E-state index in [1.165, 1.54) is 0 Å². The van der Waals surface area contributed by atoms with Gasteiger partial charge in [0.25, 0.3) is 0 Å². The van der Waals surface area contributed by atoms with E-state index in [2.05, 4.69) is 15.3 Å². The standard InChI is InChI=1S/C19H15ClN4O/c1-11-7-8-12(2)16(9-11)24-19(25)13(10-21)17-18(20)23-15-6-4-3-5-14(15)22-17/h3-9,13H,1-2H3,(H,24,25). The van der Waals surface area contributed by atoms with Crippen molar-refractivity contribution in [3.05, 3.63) is 64.4 Å². The Morgan fingerprint density at radius 3 is 2.52 bits per heavy atom. The molecule has 1 aromatic heterocycles. The van der Waals surface area contributed by atoms with Gasteiger partial charge in [0.1, 0.15) is 5.69 Å². The summed E-state index contributed by atoms with van der Waals surface area (Å²) in [5.74, 6) is -1.63. The fraction of sp³-hybridized carbons (Fsp3) is 0.158. The topological polar surface area (TPSA) is 78.7 Å². The summed E-state index contributed by atoms with van der Waals surface area (Å²) in [4.78, 5) is 21.2. The van der Waals surface area contributed by atoms with Crippen LogP contribution in [0.25, 0.3) is 11.0 Å². The van der Waals surface area contributed by atoms with Crippen molar-refractivity contribution in [1.29, 1.82) is 5.26 Å². The van der Waals surface area contributed by atoms with Crippen LogP contribution in [0.2, 0.25) is 5.15 Å². The SMILES string of the molecule is Cc1ccc(C)c(NC(=O)C(C#N)c2nc3ccccc3nc2Cl)c1. The van der Waals surface area contributed by atoms with Crippen molar-refractivity contribution in [3.63, 3.8) is 0 Å². The molecule has 2 aromatic carbocycles. The summed E-state index contributed by atoms with van der Waals surface area (Å²) in [5.41, 5.74) is 3.94. The predicted molar refractivity (Wildman–Crippen MR) is 97.4 cm³/mol. The number of nitriles is 1. The minimum absolute atomic E-state index is 0.0568. The number of amides is 1. The molecule has 6 heteroatoms. The summed E-state index contributed by atoms with van der Waals surface area (Å²) >= 11 is 6.18. The molecule has 1 heterocycles. The van der Waals surface area contributed by atoms with Gasteiger partial charge in [0.15, 0.2) is 11.1 Å². The summed E-state index contributed by atoms with van der Waals surface area (Å²) in [7, 11) is 0. The molecule has 3 aromatic rings. The molecule has 0 bridgehead atoms. The quantitative estimate of drug-likeness (QED) is 0.769. The molecule has 0 aliphatic rings. The number of nitrogens with one attached hydrogen (secondary N) is 1. The Morgan fingerprint density at radius 1 is 1.16 bits per heavy atom. The molecule has 25 heavy (non-hydrogen) atoms. The number of nitrogens with zero attached hydrogens (tertiary/aromatic N) is 3. The minimum Gasteiger partial charge on any atom is -0.324 e. The molecule has 1 N–H and O–H groups in total. The normalized spacial score (nSPS) is 11.8. The first-order valence-corrected chi connectivity index (χ1v) is 8.07. The Morgan fingerprint density at radius 2 is 1.84 bits per heavy atom. The van der Waals surface area contributed by atoms with Crippen molar-refractivity contribution >= 4 is 34.2 Å². The van der Waals surface area contributed by atoms with Gasteiger partial charge in [-0.2, -0.15) is 5.26 Å². The van der Waals surface area contributed by atoms with Crippen LogP contribution >= 0.6 is 11.6 Å². The maximum absolute atomic E-state index is 12.6. The van der Waals surface area contributed by atoms with Crippen LogP contribution in [0.5, 0.6) is 0 Å². The maximum Gasteiger partial charge on any atom is 0.248 e. The van der Waals surface area contributed by atoms with E-state index in [0.29, 0.717) is 16.7 Å². The molecular formula is C19H15ClN4O. The number of aromatic nitrogens is 2. The van der Waals surface area contributed by atoms with Crippen molar-refractivity contribution in [2.75, 3.05) is 5.32 Å². The molecule has 124 valence electrons. The Bertz CT molecular complexity index is 1010. The number of benzene rings is 2. The Labute approximate surface area is 150 Å². The van der Waals surface area contributed by atoms with Crippen LogP contribution in [0.15, 0.2) is 42.5 Å². The number of para-hydroxylation sites is 2. The molecule has 5 nitrogen and oxygen atoms in total. The van der Waals surface area contributed by atoms with Crippen LogP contribution in [0.3, 0.4) is 0 Å². The van der Waals surface area contributed by atoms with Crippen LogP contribution in [-0.2, 0) is 4.79 Å². The number of anilines is 1. The smallest absolute Gasteiger partial charge is 0.248 e. The largest absolute Gasteiger partial charge is 0.324 e. The molecule has 0 saturated carbocycles. The molecule has 3 rings (SSSR count). The third-order valence-electron chi connectivity index (χ3n) is 3.87. The molecule has 1 atom stereocenters. The molecule has 0 spiro atoms. The van der Waals surface area contributed by atoms with E-state index in [1.807, 2.05) is 50.2 Å². The number of rotatable bonds is 3. The fourth-order valence-corrected chi connectivity index (χ4v) is 2.74. The van der Waals surface area contributed by atoms with Crippen LogP contribution in [-0.4, -0.2) is 15.9 Å². The van der Waals surface area contributed by atoms with Crippen LogP contribution in [0.1, 0.15) is 22.7 Å². The highest BCUT2D eigenvalue weighted by Gasteiger charge is 2.26. The van der Waals surface area contributed by atoms with Gasteiger partial charge >= 0.3 is 0 Å². The molecule has 1 amide bonds. The average molecular weight is 351 g/mol. The average Bonchev–Trinajstić information content (AvgIpc) is 2.59. The van der Waals surface area contributed by atoms with E-state index in [1.54, 1.807) is 12.1 Å². The zero-order valence-corrected chi connectivity index (χ0v) is 14.5. The van der Waals surface area contributed by atoms with Crippen LogP contribution in [0.4, 0.5) is 5.69 Å². The second-order valence-corrected chi connectivity index (χ2v) is 6.12. The Kier molecular flexibility index (Phi) is 4.64. The van der Waals surface area contributed by atoms with Gasteiger partial charge in [-0.15, -0.1) is 0 Å². The van der Waals surface area contributed by atoms with Crippen molar-refractivity contribution in [2.24, 2.45) is 0 Å². The van der Waals surface area contributed by atoms with Gasteiger partial charge < -0.3 is 5.32 Å². The van der Waals surface area contributed by atoms with E-state index in [0.717, 1.165) is 11.1 Å². The molecule has 1 unspecified atom stereocenters. The first kappa shape index (κ1) is 16.9. The van der Waals surface area contributed by atoms with E-state index in [9.17, 15) is 10.1 Å². The zero-order valence-electron chi connectivity index (χ0n) is 13.7. The van der Waals surface area contributed by atoms with Crippen LogP contribution in [0, 0.1) is 25.2 Å². The number of hydrogen-bond acceptors (Lipinski definition) is 4. The highest BCUT2D eigenvalue weighted by atomic mass is 35.5. The highest BCUT2D eigenvalue weighted by Crippen LogP contribution is 2.26. The van der Waals surface area contributed by atoms with Crippen LogP contribution < -0.4 is 5.32 Å². The van der Waals surface area contributed by atoms with Gasteiger partial charge in [0, 0.05) is 5.69 Å². The molecular weight excluding hydrogens is 336 g/mol. The molecule has 0 aliphatic carbocycles. The zero-order chi connectivity index (χ0) is 18.0. The summed E-state index contributed by atoms with van der Waals surface area (Å²) in [6, 6.07) is 14.9. The van der Waals surface area contributed by atoms with Gasteiger partial charge in [0.05, 0.1) is 17.1 Å².